The van der Waals surface area contributed by atoms with Gasteiger partial charge in [0.1, 0.15) is 18.2 Å². The van der Waals surface area contributed by atoms with E-state index in [4.69, 9.17) is 32.7 Å². The summed E-state index contributed by atoms with van der Waals surface area (Å²) >= 11 is 12.2. The van der Waals surface area contributed by atoms with E-state index < -0.39 is 5.91 Å². The van der Waals surface area contributed by atoms with Crippen LogP contribution in [0.2, 0.25) is 10.0 Å². The summed E-state index contributed by atoms with van der Waals surface area (Å²) in [5, 5.41) is 12.8. The van der Waals surface area contributed by atoms with Gasteiger partial charge in [-0.15, -0.1) is 6.58 Å². The van der Waals surface area contributed by atoms with Crippen molar-refractivity contribution in [2.75, 3.05) is 11.9 Å². The molecule has 0 aromatic heterocycles. The summed E-state index contributed by atoms with van der Waals surface area (Å²) < 4.78 is 12.1. The van der Waals surface area contributed by atoms with Crippen LogP contribution in [0.25, 0.3) is 6.08 Å². The topological polar surface area (TPSA) is 71.4 Å². The van der Waals surface area contributed by atoms with Crippen molar-refractivity contribution in [3.05, 3.63) is 105 Å². The number of rotatable bonds is 10. The van der Waals surface area contributed by atoms with Gasteiger partial charge < -0.3 is 14.8 Å². The van der Waals surface area contributed by atoms with E-state index in [9.17, 15) is 10.1 Å². The molecule has 0 spiro atoms. The fraction of sp³-hybridized carbons (Fsp3) is 0.172. The highest BCUT2D eigenvalue weighted by atomic mass is 35.5. The molecule has 0 saturated carbocycles. The van der Waals surface area contributed by atoms with Crippen LogP contribution in [0.5, 0.6) is 11.5 Å². The molecule has 184 valence electrons. The number of amides is 1. The largest absolute Gasteiger partial charge is 0.490 e. The predicted octanol–water partition coefficient (Wildman–Crippen LogP) is 7.55. The summed E-state index contributed by atoms with van der Waals surface area (Å²) in [5.41, 5.74) is 3.83. The highest BCUT2D eigenvalue weighted by molar-refractivity contribution is 6.44. The van der Waals surface area contributed by atoms with Crippen LogP contribution < -0.4 is 14.8 Å². The molecule has 1 N–H and O–H groups in total. The van der Waals surface area contributed by atoms with Crippen molar-refractivity contribution >= 4 is 40.9 Å². The standard InChI is InChI=1S/C29H26Cl2N2O3/c1-4-8-22-14-21(15-23(17-32)29(34)33-25-12-7-11-24(30)27(25)31)16-26(35-5-2)28(22)36-18-20-10-6-9-19(3)13-20/h4,6-7,9-16H,1,5,8,18H2,2-3H3,(H,33,34)/b23-15-. The van der Waals surface area contributed by atoms with Crippen molar-refractivity contribution in [2.24, 2.45) is 0 Å². The average molecular weight is 521 g/mol. The maximum Gasteiger partial charge on any atom is 0.266 e. The molecule has 3 rings (SSSR count). The number of aryl methyl sites for hydroxylation is 1. The fourth-order valence-corrected chi connectivity index (χ4v) is 3.91. The lowest BCUT2D eigenvalue weighted by Gasteiger charge is -2.17. The smallest absolute Gasteiger partial charge is 0.266 e. The third-order valence-corrected chi connectivity index (χ3v) is 5.98. The lowest BCUT2D eigenvalue weighted by molar-refractivity contribution is -0.112. The Hall–Kier alpha value is -3.72. The average Bonchev–Trinajstić information content (AvgIpc) is 2.85. The number of allylic oxidation sites excluding steroid dienone is 1. The maximum atomic E-state index is 12.8. The first-order valence-electron chi connectivity index (χ1n) is 11.3. The monoisotopic (exact) mass is 520 g/mol. The van der Waals surface area contributed by atoms with E-state index in [-0.39, 0.29) is 10.6 Å². The van der Waals surface area contributed by atoms with Gasteiger partial charge in [0, 0.05) is 5.56 Å². The first-order valence-corrected chi connectivity index (χ1v) is 12.1. The number of ether oxygens (including phenoxy) is 2. The summed E-state index contributed by atoms with van der Waals surface area (Å²) in [6.45, 7) is 8.54. The van der Waals surface area contributed by atoms with Gasteiger partial charge in [-0.25, -0.2) is 0 Å². The zero-order valence-electron chi connectivity index (χ0n) is 20.1. The van der Waals surface area contributed by atoms with Crippen LogP contribution >= 0.6 is 23.2 Å². The molecule has 0 atom stereocenters. The van der Waals surface area contributed by atoms with Crippen LogP contribution in [0.1, 0.15) is 29.2 Å². The van der Waals surface area contributed by atoms with Crippen LogP contribution in [-0.2, 0) is 17.8 Å². The Morgan fingerprint density at radius 1 is 1.14 bits per heavy atom. The van der Waals surface area contributed by atoms with Crippen LogP contribution in [0.4, 0.5) is 5.69 Å². The Kier molecular flexibility index (Phi) is 9.58. The van der Waals surface area contributed by atoms with Crippen molar-refractivity contribution in [1.29, 1.82) is 5.26 Å². The van der Waals surface area contributed by atoms with E-state index in [2.05, 4.69) is 18.0 Å². The quantitative estimate of drug-likeness (QED) is 0.170. The van der Waals surface area contributed by atoms with Crippen molar-refractivity contribution in [3.8, 4) is 17.6 Å². The summed E-state index contributed by atoms with van der Waals surface area (Å²) in [5.74, 6) is 0.514. The molecule has 3 aromatic carbocycles. The Morgan fingerprint density at radius 3 is 2.61 bits per heavy atom. The number of carbonyl (C=O) groups is 1. The SMILES string of the molecule is C=CCc1cc(/C=C(/C#N)C(=O)Nc2cccc(Cl)c2Cl)cc(OCC)c1OCc1cccc(C)c1. The van der Waals surface area contributed by atoms with E-state index in [0.29, 0.717) is 47.4 Å². The van der Waals surface area contributed by atoms with Crippen LogP contribution in [0.15, 0.2) is 72.8 Å². The van der Waals surface area contributed by atoms with Gasteiger partial charge in [0.2, 0.25) is 0 Å². The third-order valence-electron chi connectivity index (χ3n) is 5.16. The van der Waals surface area contributed by atoms with Gasteiger partial charge in [0.25, 0.3) is 5.91 Å². The zero-order valence-corrected chi connectivity index (χ0v) is 21.6. The molecule has 0 aliphatic rings. The molecule has 0 bridgehead atoms. The Bertz CT molecular complexity index is 1340. The Morgan fingerprint density at radius 2 is 1.92 bits per heavy atom. The number of nitrogens with one attached hydrogen (secondary N) is 1. The predicted molar refractivity (Wildman–Crippen MR) is 146 cm³/mol. The number of nitriles is 1. The minimum atomic E-state index is -0.607. The summed E-state index contributed by atoms with van der Waals surface area (Å²) in [7, 11) is 0. The van der Waals surface area contributed by atoms with Gasteiger partial charge in [-0.1, -0.05) is 65.2 Å². The molecule has 0 aliphatic heterocycles. The second-order valence-electron chi connectivity index (χ2n) is 7.94. The normalized spacial score (nSPS) is 10.9. The minimum Gasteiger partial charge on any atom is -0.490 e. The fourth-order valence-electron chi connectivity index (χ4n) is 3.56. The molecule has 0 heterocycles. The molecule has 0 radical (unpaired) electrons. The van der Waals surface area contributed by atoms with Gasteiger partial charge in [0.15, 0.2) is 11.5 Å². The number of benzene rings is 3. The second kappa shape index (κ2) is 12.8. The molecular formula is C29H26Cl2N2O3. The molecule has 0 unspecified atom stereocenters. The van der Waals surface area contributed by atoms with Crippen LogP contribution in [0, 0.1) is 18.3 Å². The molecule has 0 saturated heterocycles. The Labute approximate surface area is 221 Å². The van der Waals surface area contributed by atoms with E-state index in [1.165, 1.54) is 6.08 Å². The summed E-state index contributed by atoms with van der Waals surface area (Å²) in [6.07, 6.45) is 3.77. The molecule has 0 fully saturated rings. The van der Waals surface area contributed by atoms with Crippen LogP contribution in [0.3, 0.4) is 0 Å². The molecule has 5 nitrogen and oxygen atoms in total. The van der Waals surface area contributed by atoms with E-state index >= 15 is 0 Å². The highest BCUT2D eigenvalue weighted by Crippen LogP contribution is 2.36. The first kappa shape index (κ1) is 26.9. The van der Waals surface area contributed by atoms with Crippen molar-refractivity contribution in [3.63, 3.8) is 0 Å². The van der Waals surface area contributed by atoms with Gasteiger partial charge in [-0.3, -0.25) is 4.79 Å². The highest BCUT2D eigenvalue weighted by Gasteiger charge is 2.16. The van der Waals surface area contributed by atoms with Gasteiger partial charge in [-0.2, -0.15) is 5.26 Å². The number of nitrogens with zero attached hydrogens (tertiary/aromatic N) is 1. The zero-order chi connectivity index (χ0) is 26.1. The number of hydrogen-bond acceptors (Lipinski definition) is 4. The van der Waals surface area contributed by atoms with Crippen molar-refractivity contribution < 1.29 is 14.3 Å². The third kappa shape index (κ3) is 6.91. The minimum absolute atomic E-state index is 0.105. The van der Waals surface area contributed by atoms with E-state index in [1.54, 1.807) is 30.3 Å². The van der Waals surface area contributed by atoms with E-state index in [1.807, 2.05) is 44.2 Å². The Balaban J connectivity index is 1.94. The molecule has 1 amide bonds. The first-order chi connectivity index (χ1) is 17.4. The molecule has 0 aliphatic carbocycles. The van der Waals surface area contributed by atoms with Crippen molar-refractivity contribution in [2.45, 2.75) is 26.9 Å². The lowest BCUT2D eigenvalue weighted by atomic mass is 10.0. The second-order valence-corrected chi connectivity index (χ2v) is 8.72. The lowest BCUT2D eigenvalue weighted by Crippen LogP contribution is -2.13. The number of carbonyl (C=O) groups excluding carboxylic acids is 1. The number of hydrogen-bond donors (Lipinski definition) is 1. The summed E-state index contributed by atoms with van der Waals surface area (Å²) in [6, 6.07) is 18.5. The number of anilines is 1. The van der Waals surface area contributed by atoms with Gasteiger partial charge in [-0.05, 0) is 61.7 Å². The van der Waals surface area contributed by atoms with Gasteiger partial charge in [0.05, 0.1) is 22.3 Å². The van der Waals surface area contributed by atoms with Crippen molar-refractivity contribution in [1.82, 2.24) is 0 Å². The van der Waals surface area contributed by atoms with Gasteiger partial charge >= 0.3 is 0 Å². The molecule has 3 aromatic rings. The molecule has 7 heteroatoms. The molecular weight excluding hydrogens is 495 g/mol. The van der Waals surface area contributed by atoms with E-state index in [0.717, 1.165) is 16.7 Å². The maximum absolute atomic E-state index is 12.8. The number of halogens is 2. The summed E-state index contributed by atoms with van der Waals surface area (Å²) in [4.78, 5) is 12.8. The van der Waals surface area contributed by atoms with Crippen LogP contribution in [-0.4, -0.2) is 12.5 Å². The molecule has 36 heavy (non-hydrogen) atoms.